The molecule has 1 aliphatic heterocycles. The molecule has 8 heteroatoms. The highest BCUT2D eigenvalue weighted by atomic mass is 35.5. The summed E-state index contributed by atoms with van der Waals surface area (Å²) in [5.41, 5.74) is 0.482. The van der Waals surface area contributed by atoms with Gasteiger partial charge in [-0.15, -0.1) is 10.2 Å². The van der Waals surface area contributed by atoms with Crippen LogP contribution in [0, 0.1) is 6.92 Å². The number of amides is 1. The fourth-order valence-corrected chi connectivity index (χ4v) is 3.27. The lowest BCUT2D eigenvalue weighted by atomic mass is 10.1. The van der Waals surface area contributed by atoms with Crippen molar-refractivity contribution < 1.29 is 9.21 Å². The predicted octanol–water partition coefficient (Wildman–Crippen LogP) is 3.20. The van der Waals surface area contributed by atoms with Gasteiger partial charge in [-0.2, -0.15) is 0 Å². The lowest BCUT2D eigenvalue weighted by Crippen LogP contribution is -2.49. The van der Waals surface area contributed by atoms with Crippen LogP contribution in [0.15, 0.2) is 22.6 Å². The molecule has 1 aliphatic rings. The Balaban J connectivity index is 1.63. The zero-order chi connectivity index (χ0) is 17.3. The summed E-state index contributed by atoms with van der Waals surface area (Å²) < 4.78 is 5.49. The number of aryl methyl sites for hydroxylation is 1. The number of aromatic nitrogens is 2. The van der Waals surface area contributed by atoms with Crippen LogP contribution in [0.1, 0.15) is 35.1 Å². The highest BCUT2D eigenvalue weighted by Gasteiger charge is 2.28. The van der Waals surface area contributed by atoms with Gasteiger partial charge in [0.1, 0.15) is 0 Å². The van der Waals surface area contributed by atoms with Crippen molar-refractivity contribution in [3.8, 4) is 0 Å². The van der Waals surface area contributed by atoms with E-state index in [1.807, 2.05) is 6.92 Å². The fourth-order valence-electron chi connectivity index (χ4n) is 2.78. The predicted molar refractivity (Wildman–Crippen MR) is 91.4 cm³/mol. The monoisotopic (exact) mass is 368 g/mol. The molecule has 2 heterocycles. The molecule has 0 aliphatic carbocycles. The zero-order valence-corrected chi connectivity index (χ0v) is 15.0. The molecular weight excluding hydrogens is 351 g/mol. The Labute approximate surface area is 150 Å². The third-order valence-electron chi connectivity index (χ3n) is 4.21. The molecule has 6 nitrogen and oxygen atoms in total. The van der Waals surface area contributed by atoms with Gasteiger partial charge in [-0.3, -0.25) is 9.69 Å². The van der Waals surface area contributed by atoms with Crippen LogP contribution < -0.4 is 0 Å². The molecule has 24 heavy (non-hydrogen) atoms. The van der Waals surface area contributed by atoms with E-state index in [2.05, 4.69) is 15.1 Å². The molecular formula is C16H18Cl2N4O2. The minimum atomic E-state index is -0.0717. The number of rotatable bonds is 3. The normalized spacial score (nSPS) is 17.1. The molecule has 1 saturated heterocycles. The lowest BCUT2D eigenvalue weighted by Gasteiger charge is -2.37. The summed E-state index contributed by atoms with van der Waals surface area (Å²) in [6, 6.07) is 4.97. The van der Waals surface area contributed by atoms with E-state index in [-0.39, 0.29) is 11.9 Å². The molecule has 1 aromatic heterocycles. The van der Waals surface area contributed by atoms with Crippen LogP contribution in [0.4, 0.5) is 0 Å². The van der Waals surface area contributed by atoms with E-state index >= 15 is 0 Å². The first-order chi connectivity index (χ1) is 11.5. The van der Waals surface area contributed by atoms with Crippen LogP contribution in [0.2, 0.25) is 10.0 Å². The van der Waals surface area contributed by atoms with Crippen LogP contribution in [0.5, 0.6) is 0 Å². The molecule has 1 aromatic carbocycles. The van der Waals surface area contributed by atoms with Crippen LogP contribution in [0.25, 0.3) is 0 Å². The summed E-state index contributed by atoms with van der Waals surface area (Å²) in [5.74, 6) is 1.09. The van der Waals surface area contributed by atoms with Crippen molar-refractivity contribution in [1.29, 1.82) is 0 Å². The lowest BCUT2D eigenvalue weighted by molar-refractivity contribution is 0.0558. The molecule has 0 saturated carbocycles. The Bertz CT molecular complexity index is 741. The van der Waals surface area contributed by atoms with E-state index in [0.717, 1.165) is 13.1 Å². The summed E-state index contributed by atoms with van der Waals surface area (Å²) in [7, 11) is 0. The molecule has 2 aromatic rings. The fraction of sp³-hybridized carbons (Fsp3) is 0.438. The summed E-state index contributed by atoms with van der Waals surface area (Å²) in [4.78, 5) is 16.6. The van der Waals surface area contributed by atoms with Crippen molar-refractivity contribution in [2.75, 3.05) is 26.2 Å². The highest BCUT2D eigenvalue weighted by molar-refractivity contribution is 6.36. The number of benzene rings is 1. The van der Waals surface area contributed by atoms with E-state index in [1.54, 1.807) is 30.0 Å². The zero-order valence-electron chi connectivity index (χ0n) is 13.5. The van der Waals surface area contributed by atoms with Crippen molar-refractivity contribution in [3.05, 3.63) is 45.6 Å². The number of piperazine rings is 1. The van der Waals surface area contributed by atoms with Gasteiger partial charge in [-0.05, 0) is 25.1 Å². The Kier molecular flexibility index (Phi) is 5.08. The smallest absolute Gasteiger partial charge is 0.255 e. The van der Waals surface area contributed by atoms with Crippen molar-refractivity contribution in [1.82, 2.24) is 20.0 Å². The summed E-state index contributed by atoms with van der Waals surface area (Å²) in [6.45, 7) is 6.51. The second-order valence-corrected chi connectivity index (χ2v) is 6.63. The van der Waals surface area contributed by atoms with Crippen molar-refractivity contribution in [2.45, 2.75) is 19.9 Å². The first kappa shape index (κ1) is 17.2. The van der Waals surface area contributed by atoms with Gasteiger partial charge in [0.25, 0.3) is 5.91 Å². The maximum atomic E-state index is 12.6. The largest absolute Gasteiger partial charge is 0.424 e. The minimum absolute atomic E-state index is 0.0302. The molecule has 0 radical (unpaired) electrons. The van der Waals surface area contributed by atoms with Crippen molar-refractivity contribution in [2.24, 2.45) is 0 Å². The second kappa shape index (κ2) is 7.09. The van der Waals surface area contributed by atoms with E-state index in [9.17, 15) is 4.79 Å². The maximum absolute atomic E-state index is 12.6. The quantitative estimate of drug-likeness (QED) is 0.832. The Morgan fingerprint density at radius 2 is 1.92 bits per heavy atom. The van der Waals surface area contributed by atoms with E-state index in [4.69, 9.17) is 27.6 Å². The molecule has 0 N–H and O–H groups in total. The van der Waals surface area contributed by atoms with Gasteiger partial charge in [-0.1, -0.05) is 23.2 Å². The van der Waals surface area contributed by atoms with Gasteiger partial charge in [-0.25, -0.2) is 0 Å². The number of nitrogens with zero attached hydrogens (tertiary/aromatic N) is 4. The molecule has 1 atom stereocenters. The number of hydrogen-bond acceptors (Lipinski definition) is 5. The first-order valence-corrected chi connectivity index (χ1v) is 8.49. The summed E-state index contributed by atoms with van der Waals surface area (Å²) in [6.07, 6.45) is 0. The number of halogens is 2. The Hall–Kier alpha value is -1.63. The molecule has 3 rings (SSSR count). The number of carbonyl (C=O) groups excluding carboxylic acids is 1. The molecule has 1 unspecified atom stereocenters. The average Bonchev–Trinajstić information content (AvgIpc) is 3.00. The number of carbonyl (C=O) groups is 1. The number of hydrogen-bond donors (Lipinski definition) is 0. The van der Waals surface area contributed by atoms with E-state index < -0.39 is 0 Å². The second-order valence-electron chi connectivity index (χ2n) is 5.79. The minimum Gasteiger partial charge on any atom is -0.424 e. The Morgan fingerprint density at radius 3 is 2.50 bits per heavy atom. The van der Waals surface area contributed by atoms with E-state index in [0.29, 0.717) is 40.5 Å². The van der Waals surface area contributed by atoms with Crippen LogP contribution in [0.3, 0.4) is 0 Å². The molecule has 0 spiro atoms. The van der Waals surface area contributed by atoms with Gasteiger partial charge >= 0.3 is 0 Å². The third kappa shape index (κ3) is 3.55. The van der Waals surface area contributed by atoms with Crippen LogP contribution in [-0.2, 0) is 0 Å². The van der Waals surface area contributed by atoms with Gasteiger partial charge in [0.05, 0.1) is 16.6 Å². The van der Waals surface area contributed by atoms with Gasteiger partial charge in [0.15, 0.2) is 0 Å². The average molecular weight is 369 g/mol. The molecule has 0 bridgehead atoms. The third-order valence-corrected chi connectivity index (χ3v) is 4.76. The topological polar surface area (TPSA) is 62.5 Å². The van der Waals surface area contributed by atoms with Gasteiger partial charge in [0.2, 0.25) is 11.8 Å². The maximum Gasteiger partial charge on any atom is 0.255 e. The molecule has 128 valence electrons. The Morgan fingerprint density at radius 1 is 1.21 bits per heavy atom. The first-order valence-electron chi connectivity index (χ1n) is 7.74. The summed E-state index contributed by atoms with van der Waals surface area (Å²) in [5, 5.41) is 8.84. The van der Waals surface area contributed by atoms with Crippen molar-refractivity contribution >= 4 is 29.1 Å². The van der Waals surface area contributed by atoms with Gasteiger partial charge < -0.3 is 9.32 Å². The van der Waals surface area contributed by atoms with Crippen molar-refractivity contribution in [3.63, 3.8) is 0 Å². The molecule has 1 amide bonds. The van der Waals surface area contributed by atoms with Gasteiger partial charge in [0, 0.05) is 38.1 Å². The van der Waals surface area contributed by atoms with Crippen LogP contribution >= 0.6 is 23.2 Å². The van der Waals surface area contributed by atoms with Crippen LogP contribution in [-0.4, -0.2) is 52.1 Å². The van der Waals surface area contributed by atoms with E-state index in [1.165, 1.54) is 0 Å². The highest BCUT2D eigenvalue weighted by Crippen LogP contribution is 2.24. The standard InChI is InChI=1S/C16H18Cl2N4O2/c1-10(15-20-19-11(2)24-15)21-5-7-22(8-6-21)16(23)13-4-3-12(17)9-14(13)18/h3-4,9-10H,5-8H2,1-2H3. The SMILES string of the molecule is Cc1nnc(C(C)N2CCN(C(=O)c3ccc(Cl)cc3Cl)CC2)o1. The molecule has 1 fully saturated rings. The summed E-state index contributed by atoms with van der Waals surface area (Å²) >= 11 is 12.0.